The number of rotatable bonds is 13. The van der Waals surface area contributed by atoms with E-state index in [0.717, 1.165) is 49.1 Å². The van der Waals surface area contributed by atoms with Gasteiger partial charge in [-0.1, -0.05) is 6.07 Å². The van der Waals surface area contributed by atoms with Crippen molar-refractivity contribution in [2.45, 2.75) is 68.9 Å². The minimum absolute atomic E-state index is 0.136. The number of H-pyrrole nitrogens is 1. The van der Waals surface area contributed by atoms with Gasteiger partial charge in [0, 0.05) is 44.2 Å². The van der Waals surface area contributed by atoms with E-state index >= 15 is 0 Å². The zero-order valence-electron chi connectivity index (χ0n) is 34.2. The maximum Gasteiger partial charge on any atom is 0.329 e. The number of furan rings is 1. The number of nitrogens with one attached hydrogen (secondary N) is 3. The average Bonchev–Trinajstić information content (AvgIpc) is 4.07. The third kappa shape index (κ3) is 7.44. The quantitative estimate of drug-likeness (QED) is 0.138. The number of hydrogen-bond donors (Lipinski definition) is 3. The number of ether oxygens (including phenoxy) is 1. The number of imidazole rings is 1. The Labute approximate surface area is 349 Å². The minimum atomic E-state index is -3.88. The van der Waals surface area contributed by atoms with Gasteiger partial charge in [-0.15, -0.1) is 5.10 Å². The first kappa shape index (κ1) is 40.0. The number of aryl methyl sites for hydroxylation is 1. The van der Waals surface area contributed by atoms with Crippen molar-refractivity contribution in [1.82, 2.24) is 53.4 Å². The third-order valence-electron chi connectivity index (χ3n) is 11.6. The number of carbonyl (C=O) groups is 2. The van der Waals surface area contributed by atoms with E-state index in [9.17, 15) is 22.8 Å². The van der Waals surface area contributed by atoms with Crippen molar-refractivity contribution < 1.29 is 27.2 Å². The number of piperidine rings is 2. The lowest BCUT2D eigenvalue weighted by Crippen LogP contribution is -2.44. The van der Waals surface area contributed by atoms with E-state index in [1.54, 1.807) is 55.6 Å². The number of aromatic nitrogens is 8. The molecule has 7 aromatic rings. The van der Waals surface area contributed by atoms with Crippen LogP contribution in [-0.2, 0) is 26.7 Å². The van der Waals surface area contributed by atoms with Crippen LogP contribution < -0.4 is 21.1 Å². The lowest BCUT2D eigenvalue weighted by molar-refractivity contribution is -0.135. The van der Waals surface area contributed by atoms with Crippen LogP contribution >= 0.6 is 0 Å². The zero-order chi connectivity index (χ0) is 42.6. The molecule has 0 radical (unpaired) electrons. The van der Waals surface area contributed by atoms with Crippen LogP contribution in [0, 0.1) is 0 Å². The molecule has 2 fully saturated rings. The van der Waals surface area contributed by atoms with Gasteiger partial charge in [-0.2, -0.15) is 14.6 Å². The number of likely N-dealkylation sites (tertiary alicyclic amines) is 1. The number of fused-ring (bicyclic) bond motifs is 3. The number of carbonyl (C=O) groups excluding carboxylic acids is 2. The summed E-state index contributed by atoms with van der Waals surface area (Å²) in [7, 11) is -0.572. The Morgan fingerprint density at radius 2 is 1.89 bits per heavy atom. The molecule has 2 saturated heterocycles. The summed E-state index contributed by atoms with van der Waals surface area (Å²) in [6.45, 7) is 6.61. The van der Waals surface area contributed by atoms with Crippen LogP contribution in [0.5, 0.6) is 5.75 Å². The second-order valence-corrected chi connectivity index (χ2v) is 17.9. The van der Waals surface area contributed by atoms with Crippen molar-refractivity contribution in [1.29, 1.82) is 0 Å². The molecule has 61 heavy (non-hydrogen) atoms. The topological polar surface area (TPSA) is 220 Å². The van der Waals surface area contributed by atoms with Crippen LogP contribution in [0.2, 0.25) is 0 Å². The summed E-state index contributed by atoms with van der Waals surface area (Å²) in [4.78, 5) is 49.3. The highest BCUT2D eigenvalue weighted by molar-refractivity contribution is 7.89. The predicted molar refractivity (Wildman–Crippen MR) is 225 cm³/mol. The van der Waals surface area contributed by atoms with E-state index in [0.29, 0.717) is 64.6 Å². The van der Waals surface area contributed by atoms with Crippen molar-refractivity contribution in [3.05, 3.63) is 77.4 Å². The fraction of sp³-hybridized carbons (Fsp3) is 0.390. The highest BCUT2D eigenvalue weighted by Gasteiger charge is 2.32. The number of sulfonamides is 1. The summed E-state index contributed by atoms with van der Waals surface area (Å²) in [6, 6.07) is 10.1. The third-order valence-corrected chi connectivity index (χ3v) is 13.5. The predicted octanol–water partition coefficient (Wildman–Crippen LogP) is 4.31. The van der Waals surface area contributed by atoms with E-state index in [4.69, 9.17) is 14.1 Å². The molecule has 7 heterocycles. The molecule has 2 amide bonds. The van der Waals surface area contributed by atoms with Gasteiger partial charge in [-0.3, -0.25) is 29.1 Å². The second-order valence-electron chi connectivity index (χ2n) is 15.9. The Bertz CT molecular complexity index is 2960. The number of nitrogens with zero attached hydrogens (tertiary/aromatic N) is 9. The van der Waals surface area contributed by atoms with Crippen molar-refractivity contribution >= 4 is 61.1 Å². The highest BCUT2D eigenvalue weighted by atomic mass is 32.2. The van der Waals surface area contributed by atoms with Gasteiger partial charge in [0.2, 0.25) is 33.4 Å². The molecular weight excluding hydrogens is 805 g/mol. The molecule has 0 saturated carbocycles. The summed E-state index contributed by atoms with van der Waals surface area (Å²) in [5.74, 6) is 0.212. The van der Waals surface area contributed by atoms with Gasteiger partial charge in [0.15, 0.2) is 11.3 Å². The monoisotopic (exact) mass is 850 g/mol. The van der Waals surface area contributed by atoms with Gasteiger partial charge in [0.05, 0.1) is 40.2 Å². The summed E-state index contributed by atoms with van der Waals surface area (Å²) in [5.41, 5.74) is 4.86. The molecule has 0 aliphatic carbocycles. The largest absolute Gasteiger partial charge is 0.485 e. The molecule has 1 atom stereocenters. The Kier molecular flexibility index (Phi) is 10.4. The number of aromatic amines is 1. The van der Waals surface area contributed by atoms with Crippen LogP contribution in [-0.4, -0.2) is 108 Å². The van der Waals surface area contributed by atoms with Crippen LogP contribution in [0.4, 0.5) is 11.6 Å². The van der Waals surface area contributed by atoms with Gasteiger partial charge in [0.1, 0.15) is 18.1 Å². The van der Waals surface area contributed by atoms with Crippen LogP contribution in [0.15, 0.2) is 75.5 Å². The lowest BCUT2D eigenvalue weighted by Gasteiger charge is -2.32. The maximum atomic E-state index is 14.0. The summed E-state index contributed by atoms with van der Waals surface area (Å²) >= 11 is 0. The fourth-order valence-corrected chi connectivity index (χ4v) is 9.84. The summed E-state index contributed by atoms with van der Waals surface area (Å²) in [5, 5.41) is 17.3. The summed E-state index contributed by atoms with van der Waals surface area (Å²) < 4.78 is 45.9. The summed E-state index contributed by atoms with van der Waals surface area (Å²) in [6.07, 6.45) is 9.18. The van der Waals surface area contributed by atoms with Crippen LogP contribution in [0.25, 0.3) is 38.9 Å². The molecule has 0 unspecified atom stereocenters. The zero-order valence-corrected chi connectivity index (χ0v) is 35.0. The highest BCUT2D eigenvalue weighted by Crippen LogP contribution is 2.36. The number of hydrogen-bond acceptors (Lipinski definition) is 13. The van der Waals surface area contributed by atoms with Crippen molar-refractivity contribution in [2.75, 3.05) is 38.5 Å². The molecule has 0 bridgehead atoms. The maximum absolute atomic E-state index is 14.0. The Morgan fingerprint density at radius 1 is 1.07 bits per heavy atom. The van der Waals surface area contributed by atoms with E-state index in [-0.39, 0.29) is 35.0 Å². The first-order chi connectivity index (χ1) is 29.4. The normalized spacial score (nSPS) is 17.0. The smallest absolute Gasteiger partial charge is 0.329 e. The number of amides is 2. The first-order valence-corrected chi connectivity index (χ1v) is 21.7. The molecule has 318 valence electrons. The Balaban J connectivity index is 0.829. The number of imide groups is 1. The minimum Gasteiger partial charge on any atom is -0.485 e. The molecule has 20 heteroatoms. The van der Waals surface area contributed by atoms with Gasteiger partial charge in [0.25, 0.3) is 0 Å². The molecule has 9 rings (SSSR count). The van der Waals surface area contributed by atoms with Gasteiger partial charge in [-0.05, 0) is 101 Å². The molecule has 2 aliphatic heterocycles. The van der Waals surface area contributed by atoms with E-state index in [1.807, 2.05) is 32.0 Å². The lowest BCUT2D eigenvalue weighted by atomic mass is 9.89. The molecule has 5 aromatic heterocycles. The van der Waals surface area contributed by atoms with Crippen molar-refractivity contribution in [3.63, 3.8) is 0 Å². The van der Waals surface area contributed by atoms with Gasteiger partial charge in [-0.25, -0.2) is 22.5 Å². The van der Waals surface area contributed by atoms with E-state index < -0.39 is 22.0 Å². The average molecular weight is 851 g/mol. The molecule has 0 spiro atoms. The fourth-order valence-electron chi connectivity index (χ4n) is 8.46. The van der Waals surface area contributed by atoms with Crippen molar-refractivity contribution in [2.24, 2.45) is 7.05 Å². The Morgan fingerprint density at radius 3 is 2.64 bits per heavy atom. The van der Waals surface area contributed by atoms with Gasteiger partial charge >= 0.3 is 5.69 Å². The Hall–Kier alpha value is -6.38. The van der Waals surface area contributed by atoms with Crippen LogP contribution in [0.1, 0.15) is 63.5 Å². The molecule has 2 aromatic carbocycles. The second kappa shape index (κ2) is 15.9. The molecule has 3 N–H and O–H groups in total. The number of anilines is 2. The van der Waals surface area contributed by atoms with E-state index in [2.05, 4.69) is 35.8 Å². The standard InChI is InChI=1S/C41H46N12O7S/c1-24(2)60-37-35(27-21-43-44-22-27)42-23-52-38(37)47-40(48-52)45-29-7-10-33(28-14-19-59-36(28)29)61(57,58)49(3)15-5-16-51-17-12-25(13-18-51)26-6-8-30-32(20-26)50(4)41(56)53(30)31-9-11-34(54)46-39(31)55/h6-8,10,14,19-25,31H,5,9,11-13,15-18H2,1-4H3,(H,43,44)(H,45,48)(H,46,54,55)/t31-/m0/s1. The molecule has 19 nitrogen and oxygen atoms in total. The molecule has 2 aliphatic rings. The SMILES string of the molecule is CC(C)Oc1c(-c2cn[nH]c2)ncn2nc(Nc3ccc(S(=O)(=O)N(C)CCCN4CCC(c5ccc6c(c5)n(C)c(=O)n6[C@H]5CCC(=O)NC5=O)CC4)c4ccoc34)nc12. The van der Waals surface area contributed by atoms with Crippen molar-refractivity contribution in [3.8, 4) is 17.0 Å². The molecular formula is C41H46N12O7S. The van der Waals surface area contributed by atoms with Gasteiger partial charge < -0.3 is 19.4 Å². The van der Waals surface area contributed by atoms with Crippen LogP contribution in [0.3, 0.4) is 0 Å². The first-order valence-electron chi connectivity index (χ1n) is 20.3. The van der Waals surface area contributed by atoms with E-state index in [1.165, 1.54) is 19.7 Å². The number of benzene rings is 2.